The Morgan fingerprint density at radius 3 is 2.88 bits per heavy atom. The molecule has 1 aliphatic heterocycles. The molecule has 1 aliphatic rings. The average Bonchev–Trinajstić information content (AvgIpc) is 3.20. The number of carbonyl (C=O) groups is 3. The van der Waals surface area contributed by atoms with E-state index in [0.717, 1.165) is 0 Å². The fourth-order valence-electron chi connectivity index (χ4n) is 2.49. The maximum absolute atomic E-state index is 13.5. The minimum Gasteiger partial charge on any atom is -0.344 e. The Morgan fingerprint density at radius 1 is 1.38 bits per heavy atom. The Balaban J connectivity index is 1.54. The van der Waals surface area contributed by atoms with Crippen LogP contribution in [0.1, 0.15) is 24.1 Å². The van der Waals surface area contributed by atoms with Gasteiger partial charge in [0.15, 0.2) is 5.13 Å². The van der Waals surface area contributed by atoms with Gasteiger partial charge in [0, 0.05) is 17.5 Å². The van der Waals surface area contributed by atoms with Crippen molar-refractivity contribution in [3.63, 3.8) is 0 Å². The molecular formula is C17H17FN4O3S. The second-order valence-electron chi connectivity index (χ2n) is 5.98. The lowest BCUT2D eigenvalue weighted by Gasteiger charge is -2.08. The smallest absolute Gasteiger partial charge is 0.248 e. The van der Waals surface area contributed by atoms with Crippen LogP contribution in [-0.4, -0.2) is 28.7 Å². The molecule has 7 nitrogen and oxygen atoms in total. The number of hydrogen-bond acceptors (Lipinski definition) is 5. The molecule has 0 bridgehead atoms. The van der Waals surface area contributed by atoms with E-state index in [2.05, 4.69) is 20.9 Å². The lowest BCUT2D eigenvalue weighted by molar-refractivity contribution is -0.122. The summed E-state index contributed by atoms with van der Waals surface area (Å²) in [7, 11) is 0. The lowest BCUT2D eigenvalue weighted by Crippen LogP contribution is -2.37. The van der Waals surface area contributed by atoms with E-state index in [9.17, 15) is 18.8 Å². The largest absolute Gasteiger partial charge is 0.344 e. The zero-order chi connectivity index (χ0) is 18.7. The zero-order valence-corrected chi connectivity index (χ0v) is 14.8. The molecular weight excluding hydrogens is 359 g/mol. The number of aromatic nitrogens is 1. The normalized spacial score (nSPS) is 16.2. The Labute approximate surface area is 153 Å². The van der Waals surface area contributed by atoms with Gasteiger partial charge in [-0.25, -0.2) is 9.37 Å². The van der Waals surface area contributed by atoms with Crippen molar-refractivity contribution >= 4 is 39.9 Å². The summed E-state index contributed by atoms with van der Waals surface area (Å²) in [5.74, 6) is -1.19. The third-order valence-corrected chi connectivity index (χ3v) is 4.70. The van der Waals surface area contributed by atoms with Crippen LogP contribution in [0.5, 0.6) is 0 Å². The molecule has 136 valence electrons. The quantitative estimate of drug-likeness (QED) is 0.743. The lowest BCUT2D eigenvalue weighted by atomic mass is 10.2. The number of carbonyl (C=O) groups excluding carboxylic acids is 3. The maximum atomic E-state index is 13.5. The van der Waals surface area contributed by atoms with Crippen molar-refractivity contribution in [2.45, 2.75) is 32.2 Å². The number of thiazole rings is 1. The van der Waals surface area contributed by atoms with E-state index < -0.39 is 6.04 Å². The van der Waals surface area contributed by atoms with Gasteiger partial charge in [-0.2, -0.15) is 0 Å². The van der Waals surface area contributed by atoms with Gasteiger partial charge in [-0.15, -0.1) is 11.3 Å². The fraction of sp³-hybridized carbons (Fsp3) is 0.294. The number of anilines is 2. The molecule has 1 aromatic heterocycles. The summed E-state index contributed by atoms with van der Waals surface area (Å²) >= 11 is 1.19. The average molecular weight is 376 g/mol. The number of nitrogens with zero attached hydrogens (tertiary/aromatic N) is 1. The van der Waals surface area contributed by atoms with Crippen molar-refractivity contribution in [1.29, 1.82) is 0 Å². The molecule has 2 aromatic rings. The van der Waals surface area contributed by atoms with Crippen LogP contribution in [0.3, 0.4) is 0 Å². The van der Waals surface area contributed by atoms with E-state index in [1.54, 1.807) is 24.4 Å². The van der Waals surface area contributed by atoms with Crippen LogP contribution in [0.2, 0.25) is 0 Å². The topological polar surface area (TPSA) is 100 Å². The molecule has 0 saturated carbocycles. The minimum absolute atomic E-state index is 0.00201. The summed E-state index contributed by atoms with van der Waals surface area (Å²) in [4.78, 5) is 39.4. The Morgan fingerprint density at radius 2 is 2.19 bits per heavy atom. The van der Waals surface area contributed by atoms with Crippen LogP contribution >= 0.6 is 11.3 Å². The first-order chi connectivity index (χ1) is 12.4. The maximum Gasteiger partial charge on any atom is 0.248 e. The van der Waals surface area contributed by atoms with Gasteiger partial charge in [-0.05, 0) is 31.0 Å². The number of nitrogens with one attached hydrogen (secondary N) is 3. The number of hydrogen-bond donors (Lipinski definition) is 3. The van der Waals surface area contributed by atoms with Gasteiger partial charge in [-0.3, -0.25) is 14.4 Å². The second kappa shape index (κ2) is 7.61. The summed E-state index contributed by atoms with van der Waals surface area (Å²) in [5.41, 5.74) is 1.37. The van der Waals surface area contributed by atoms with Gasteiger partial charge in [0.2, 0.25) is 17.7 Å². The van der Waals surface area contributed by atoms with Crippen LogP contribution in [-0.2, 0) is 20.8 Å². The molecule has 0 aliphatic carbocycles. The SMILES string of the molecule is Cc1ccc(NC(=O)Cc2csc(NC(=O)[C@H]3CCC(=O)N3)n2)cc1F. The first-order valence-corrected chi connectivity index (χ1v) is 8.89. The van der Waals surface area contributed by atoms with Gasteiger partial charge >= 0.3 is 0 Å². The van der Waals surface area contributed by atoms with Gasteiger partial charge in [-0.1, -0.05) is 6.07 Å². The highest BCUT2D eigenvalue weighted by atomic mass is 32.1. The monoisotopic (exact) mass is 376 g/mol. The summed E-state index contributed by atoms with van der Waals surface area (Å²) in [6.45, 7) is 1.64. The van der Waals surface area contributed by atoms with Gasteiger partial charge < -0.3 is 16.0 Å². The molecule has 0 spiro atoms. The fourth-order valence-corrected chi connectivity index (χ4v) is 3.20. The molecule has 2 heterocycles. The van der Waals surface area contributed by atoms with Crippen LogP contribution in [0.15, 0.2) is 23.6 Å². The van der Waals surface area contributed by atoms with E-state index in [-0.39, 0.29) is 30.0 Å². The molecule has 1 saturated heterocycles. The van der Waals surface area contributed by atoms with E-state index in [1.165, 1.54) is 17.4 Å². The highest BCUT2D eigenvalue weighted by Gasteiger charge is 2.27. The summed E-state index contributed by atoms with van der Waals surface area (Å²) in [6, 6.07) is 3.92. The first-order valence-electron chi connectivity index (χ1n) is 8.01. The summed E-state index contributed by atoms with van der Waals surface area (Å²) < 4.78 is 13.5. The molecule has 1 atom stereocenters. The molecule has 3 rings (SSSR count). The number of aryl methyl sites for hydroxylation is 1. The molecule has 1 fully saturated rings. The van der Waals surface area contributed by atoms with Crippen LogP contribution in [0, 0.1) is 12.7 Å². The standard InChI is InChI=1S/C17H17FN4O3S/c1-9-2-3-10(6-12(9)18)19-15(24)7-11-8-26-17(20-11)22-16(25)13-4-5-14(23)21-13/h2-3,6,8,13H,4-5,7H2,1H3,(H,19,24)(H,21,23)(H,20,22,25)/t13-/m1/s1. The molecule has 1 aromatic carbocycles. The Bertz CT molecular complexity index is 867. The molecule has 0 unspecified atom stereocenters. The summed E-state index contributed by atoms with van der Waals surface area (Å²) in [6.07, 6.45) is 0.793. The molecule has 26 heavy (non-hydrogen) atoms. The van der Waals surface area contributed by atoms with E-state index in [0.29, 0.717) is 34.9 Å². The highest BCUT2D eigenvalue weighted by Crippen LogP contribution is 2.18. The van der Waals surface area contributed by atoms with Crippen molar-refractivity contribution in [3.05, 3.63) is 40.7 Å². The number of amides is 3. The van der Waals surface area contributed by atoms with Crippen LogP contribution in [0.25, 0.3) is 0 Å². The van der Waals surface area contributed by atoms with Crippen molar-refractivity contribution < 1.29 is 18.8 Å². The molecule has 3 N–H and O–H groups in total. The van der Waals surface area contributed by atoms with E-state index in [4.69, 9.17) is 0 Å². The van der Waals surface area contributed by atoms with Crippen molar-refractivity contribution in [2.75, 3.05) is 10.6 Å². The van der Waals surface area contributed by atoms with Crippen LogP contribution < -0.4 is 16.0 Å². The molecule has 3 amide bonds. The second-order valence-corrected chi connectivity index (χ2v) is 6.84. The predicted octanol–water partition coefficient (Wildman–Crippen LogP) is 1.99. The van der Waals surface area contributed by atoms with E-state index in [1.807, 2.05) is 0 Å². The minimum atomic E-state index is -0.547. The molecule has 0 radical (unpaired) electrons. The third kappa shape index (κ3) is 4.42. The van der Waals surface area contributed by atoms with Crippen LogP contribution in [0.4, 0.5) is 15.2 Å². The van der Waals surface area contributed by atoms with Gasteiger partial charge in [0.25, 0.3) is 0 Å². The van der Waals surface area contributed by atoms with Crippen molar-refractivity contribution in [3.8, 4) is 0 Å². The summed E-state index contributed by atoms with van der Waals surface area (Å²) in [5, 5.41) is 9.85. The number of rotatable bonds is 5. The number of halogens is 1. The third-order valence-electron chi connectivity index (χ3n) is 3.89. The van der Waals surface area contributed by atoms with Gasteiger partial charge in [0.1, 0.15) is 11.9 Å². The van der Waals surface area contributed by atoms with E-state index >= 15 is 0 Å². The highest BCUT2D eigenvalue weighted by molar-refractivity contribution is 7.13. The predicted molar refractivity (Wildman–Crippen MR) is 95.4 cm³/mol. The van der Waals surface area contributed by atoms with Crippen molar-refractivity contribution in [1.82, 2.24) is 10.3 Å². The Kier molecular flexibility index (Phi) is 5.27. The zero-order valence-electron chi connectivity index (χ0n) is 14.0. The first kappa shape index (κ1) is 18.0. The number of benzene rings is 1. The van der Waals surface area contributed by atoms with Gasteiger partial charge in [0.05, 0.1) is 12.1 Å². The molecule has 9 heteroatoms. The van der Waals surface area contributed by atoms with Crippen molar-refractivity contribution in [2.24, 2.45) is 0 Å². The Hall–Kier alpha value is -2.81.